The average molecular weight is 370 g/mol. The highest BCUT2D eigenvalue weighted by molar-refractivity contribution is 5.86. The van der Waals surface area contributed by atoms with Gasteiger partial charge in [-0.15, -0.1) is 0 Å². The van der Waals surface area contributed by atoms with Crippen LogP contribution in [0.4, 0.5) is 0 Å². The van der Waals surface area contributed by atoms with Crippen LogP contribution in [0.2, 0.25) is 0 Å². The van der Waals surface area contributed by atoms with E-state index in [0.29, 0.717) is 18.7 Å². The second kappa shape index (κ2) is 8.85. The van der Waals surface area contributed by atoms with Gasteiger partial charge in [-0.1, -0.05) is 96.2 Å². The molecule has 1 aliphatic heterocycles. The number of piperidine rings is 1. The summed E-state index contributed by atoms with van der Waals surface area (Å²) in [6.45, 7) is 0.506. The summed E-state index contributed by atoms with van der Waals surface area (Å²) in [5.41, 5.74) is 4.90. The highest BCUT2D eigenvalue weighted by atomic mass is 16.6. The lowest BCUT2D eigenvalue weighted by atomic mass is 9.87. The lowest BCUT2D eigenvalue weighted by Crippen LogP contribution is -2.37. The van der Waals surface area contributed by atoms with Crippen LogP contribution in [-0.4, -0.2) is 17.7 Å². The quantitative estimate of drug-likeness (QED) is 0.533. The van der Waals surface area contributed by atoms with Crippen LogP contribution in [-0.2, 0) is 11.4 Å². The summed E-state index contributed by atoms with van der Waals surface area (Å²) in [7, 11) is 2.22. The molecule has 2 atom stereocenters. The maximum Gasteiger partial charge on any atom is 0.142 e. The van der Waals surface area contributed by atoms with E-state index in [9.17, 15) is 0 Å². The van der Waals surface area contributed by atoms with Crippen LogP contribution >= 0.6 is 0 Å². The molecular weight excluding hydrogens is 344 g/mol. The Morgan fingerprint density at radius 3 is 1.71 bits per heavy atom. The molecule has 0 saturated carbocycles. The van der Waals surface area contributed by atoms with Crippen LogP contribution in [0.15, 0.2) is 96.2 Å². The number of likely N-dealkylation sites (tertiary alicyclic amines) is 1. The summed E-state index contributed by atoms with van der Waals surface area (Å²) >= 11 is 0. The van der Waals surface area contributed by atoms with Crippen molar-refractivity contribution < 1.29 is 4.84 Å². The molecule has 3 aromatic carbocycles. The van der Waals surface area contributed by atoms with Crippen LogP contribution in [0.5, 0.6) is 0 Å². The Kier molecular flexibility index (Phi) is 5.83. The summed E-state index contributed by atoms with van der Waals surface area (Å²) in [4.78, 5) is 8.21. The first-order valence-corrected chi connectivity index (χ1v) is 9.85. The first-order chi connectivity index (χ1) is 13.8. The van der Waals surface area contributed by atoms with Crippen molar-refractivity contribution in [3.63, 3.8) is 0 Å². The fourth-order valence-corrected chi connectivity index (χ4v) is 3.94. The fourth-order valence-electron chi connectivity index (χ4n) is 3.94. The average Bonchev–Trinajstić information content (AvgIpc) is 2.77. The largest absolute Gasteiger partial charge is 0.391 e. The van der Waals surface area contributed by atoms with Gasteiger partial charge in [0.15, 0.2) is 0 Å². The Labute approximate surface area is 167 Å². The van der Waals surface area contributed by atoms with Gasteiger partial charge in [0.1, 0.15) is 6.61 Å². The van der Waals surface area contributed by atoms with Crippen molar-refractivity contribution in [3.05, 3.63) is 108 Å². The van der Waals surface area contributed by atoms with E-state index < -0.39 is 0 Å². The number of benzene rings is 3. The van der Waals surface area contributed by atoms with Crippen molar-refractivity contribution in [2.24, 2.45) is 5.16 Å². The minimum atomic E-state index is 0.291. The van der Waals surface area contributed by atoms with Crippen molar-refractivity contribution in [2.75, 3.05) is 7.05 Å². The second-order valence-corrected chi connectivity index (χ2v) is 7.34. The number of nitrogens with zero attached hydrogens (tertiary/aromatic N) is 2. The highest BCUT2D eigenvalue weighted by Gasteiger charge is 2.33. The molecule has 142 valence electrons. The molecule has 0 radical (unpaired) electrons. The minimum absolute atomic E-state index is 0.291. The predicted octanol–water partition coefficient (Wildman–Crippen LogP) is 5.77. The van der Waals surface area contributed by atoms with Crippen molar-refractivity contribution in [1.82, 2.24) is 4.90 Å². The van der Waals surface area contributed by atoms with Gasteiger partial charge in [-0.3, -0.25) is 4.90 Å². The molecule has 3 nitrogen and oxygen atoms in total. The lowest BCUT2D eigenvalue weighted by molar-refractivity contribution is 0.118. The molecule has 1 saturated heterocycles. The first-order valence-electron chi connectivity index (χ1n) is 9.85. The van der Waals surface area contributed by atoms with Gasteiger partial charge in [-0.2, -0.15) is 0 Å². The van der Waals surface area contributed by atoms with Gasteiger partial charge < -0.3 is 4.84 Å². The summed E-state index contributed by atoms with van der Waals surface area (Å²) in [6, 6.07) is 32.2. The summed E-state index contributed by atoms with van der Waals surface area (Å²) < 4.78 is 0. The maximum absolute atomic E-state index is 5.73. The Hall–Kier alpha value is -2.91. The topological polar surface area (TPSA) is 24.8 Å². The van der Waals surface area contributed by atoms with E-state index in [1.54, 1.807) is 0 Å². The number of oxime groups is 1. The van der Waals surface area contributed by atoms with E-state index in [4.69, 9.17) is 4.84 Å². The molecule has 0 spiro atoms. The van der Waals surface area contributed by atoms with Crippen molar-refractivity contribution in [2.45, 2.75) is 31.5 Å². The molecule has 0 unspecified atom stereocenters. The molecule has 4 rings (SSSR count). The van der Waals surface area contributed by atoms with Gasteiger partial charge in [-0.25, -0.2) is 0 Å². The summed E-state index contributed by atoms with van der Waals surface area (Å²) in [5.74, 6) is 0. The fraction of sp³-hybridized carbons (Fsp3) is 0.240. The Morgan fingerprint density at radius 1 is 0.750 bits per heavy atom. The van der Waals surface area contributed by atoms with Crippen molar-refractivity contribution in [1.29, 1.82) is 0 Å². The zero-order valence-electron chi connectivity index (χ0n) is 16.2. The van der Waals surface area contributed by atoms with E-state index in [-0.39, 0.29) is 0 Å². The summed E-state index contributed by atoms with van der Waals surface area (Å²) in [6.07, 6.45) is 1.78. The minimum Gasteiger partial charge on any atom is -0.391 e. The Balaban J connectivity index is 1.57. The van der Waals surface area contributed by atoms with Crippen molar-refractivity contribution in [3.8, 4) is 0 Å². The van der Waals surface area contributed by atoms with Crippen molar-refractivity contribution >= 4 is 5.71 Å². The molecule has 0 aliphatic carbocycles. The second-order valence-electron chi connectivity index (χ2n) is 7.34. The van der Waals surface area contributed by atoms with E-state index in [1.807, 2.05) is 18.2 Å². The third-order valence-corrected chi connectivity index (χ3v) is 5.48. The zero-order valence-corrected chi connectivity index (χ0v) is 16.2. The molecule has 28 heavy (non-hydrogen) atoms. The van der Waals surface area contributed by atoms with Gasteiger partial charge in [0, 0.05) is 24.9 Å². The molecule has 0 amide bonds. The van der Waals surface area contributed by atoms with Gasteiger partial charge in [-0.05, 0) is 23.7 Å². The SMILES string of the molecule is CN1[C@H](c2ccccc2)CC(=NOCc2ccccc2)C[C@H]1c1ccccc1. The third-order valence-electron chi connectivity index (χ3n) is 5.48. The molecule has 1 heterocycles. The normalized spacial score (nSPS) is 20.0. The number of rotatable bonds is 5. The standard InChI is InChI=1S/C25H26N2O/c1-27-24(21-13-7-3-8-14-21)17-23(18-25(27)22-15-9-4-10-16-22)26-28-19-20-11-5-2-6-12-20/h2-16,24-25H,17-19H2,1H3/t24-,25-/m0/s1. The van der Waals surface area contributed by atoms with E-state index in [1.165, 1.54) is 11.1 Å². The highest BCUT2D eigenvalue weighted by Crippen LogP contribution is 2.39. The Bertz CT molecular complexity index is 842. The van der Waals surface area contributed by atoms with Gasteiger partial charge in [0.25, 0.3) is 0 Å². The summed E-state index contributed by atoms with van der Waals surface area (Å²) in [5, 5.41) is 4.55. The van der Waals surface area contributed by atoms with E-state index >= 15 is 0 Å². The van der Waals surface area contributed by atoms with Gasteiger partial charge >= 0.3 is 0 Å². The lowest BCUT2D eigenvalue weighted by Gasteiger charge is -2.40. The van der Waals surface area contributed by atoms with Crippen LogP contribution < -0.4 is 0 Å². The Morgan fingerprint density at radius 2 is 1.21 bits per heavy atom. The maximum atomic E-state index is 5.73. The molecule has 0 N–H and O–H groups in total. The zero-order chi connectivity index (χ0) is 19.2. The first kappa shape index (κ1) is 18.5. The van der Waals surface area contributed by atoms with Gasteiger partial charge in [0.2, 0.25) is 0 Å². The smallest absolute Gasteiger partial charge is 0.142 e. The molecule has 1 aliphatic rings. The van der Waals surface area contributed by atoms with Crippen LogP contribution in [0, 0.1) is 0 Å². The molecule has 3 heteroatoms. The van der Waals surface area contributed by atoms with Crippen LogP contribution in [0.1, 0.15) is 41.6 Å². The number of hydrogen-bond acceptors (Lipinski definition) is 3. The van der Waals surface area contributed by atoms with E-state index in [0.717, 1.165) is 24.1 Å². The van der Waals surface area contributed by atoms with Crippen LogP contribution in [0.25, 0.3) is 0 Å². The molecule has 0 bridgehead atoms. The molecule has 3 aromatic rings. The molecule has 1 fully saturated rings. The van der Waals surface area contributed by atoms with E-state index in [2.05, 4.69) is 89.9 Å². The van der Waals surface area contributed by atoms with Crippen LogP contribution in [0.3, 0.4) is 0 Å². The number of hydrogen-bond donors (Lipinski definition) is 0. The van der Waals surface area contributed by atoms with Gasteiger partial charge in [0.05, 0.1) is 5.71 Å². The molecule has 0 aromatic heterocycles. The monoisotopic (exact) mass is 370 g/mol. The predicted molar refractivity (Wildman–Crippen MR) is 114 cm³/mol. The molecular formula is C25H26N2O. The third kappa shape index (κ3) is 4.32.